The molecule has 1 aliphatic heterocycles. The third-order valence-corrected chi connectivity index (χ3v) is 5.12. The van der Waals surface area contributed by atoms with E-state index in [2.05, 4.69) is 51.6 Å². The summed E-state index contributed by atoms with van der Waals surface area (Å²) in [5.41, 5.74) is 2.62. The van der Waals surface area contributed by atoms with Gasteiger partial charge in [-0.05, 0) is 36.1 Å². The fourth-order valence-electron chi connectivity index (χ4n) is 3.64. The van der Waals surface area contributed by atoms with E-state index < -0.39 is 0 Å². The highest BCUT2D eigenvalue weighted by Gasteiger charge is 2.25. The van der Waals surface area contributed by atoms with Crippen LogP contribution in [-0.4, -0.2) is 51.8 Å². The minimum atomic E-state index is 0. The second-order valence-corrected chi connectivity index (χ2v) is 6.76. The van der Waals surface area contributed by atoms with Crippen molar-refractivity contribution in [3.05, 3.63) is 59.7 Å². The number of methoxy groups -OCH3 is 2. The van der Waals surface area contributed by atoms with E-state index in [1.807, 2.05) is 19.2 Å². The number of halogens is 1. The molecule has 1 aliphatic rings. The smallest absolute Gasteiger partial charge is 0.193 e. The molecular formula is C22H30IN3O2. The van der Waals surface area contributed by atoms with Crippen molar-refractivity contribution in [1.29, 1.82) is 0 Å². The van der Waals surface area contributed by atoms with Crippen LogP contribution in [0.15, 0.2) is 53.5 Å². The summed E-state index contributed by atoms with van der Waals surface area (Å²) in [5, 5.41) is 3.50. The SMILES string of the molecule is CN=C(NCCc1ccc(OC)c(OC)c1)N1CCC(c2ccccc2)C1.I. The molecule has 1 atom stereocenters. The van der Waals surface area contributed by atoms with Crippen LogP contribution >= 0.6 is 24.0 Å². The van der Waals surface area contributed by atoms with Gasteiger partial charge < -0.3 is 19.7 Å². The molecule has 1 fully saturated rings. The molecule has 28 heavy (non-hydrogen) atoms. The molecule has 152 valence electrons. The average Bonchev–Trinajstić information content (AvgIpc) is 3.21. The van der Waals surface area contributed by atoms with Crippen LogP contribution in [0.3, 0.4) is 0 Å². The standard InChI is InChI=1S/C22H29N3O2.HI/c1-23-22(25-14-12-19(16-25)18-7-5-4-6-8-18)24-13-11-17-9-10-20(26-2)21(15-17)27-3;/h4-10,15,19H,11-14,16H2,1-3H3,(H,23,24);1H. The average molecular weight is 495 g/mol. The van der Waals surface area contributed by atoms with Gasteiger partial charge in [0, 0.05) is 32.6 Å². The first kappa shape index (κ1) is 22.3. The molecule has 0 bridgehead atoms. The van der Waals surface area contributed by atoms with Crippen LogP contribution < -0.4 is 14.8 Å². The van der Waals surface area contributed by atoms with Crippen molar-refractivity contribution in [2.45, 2.75) is 18.8 Å². The highest BCUT2D eigenvalue weighted by atomic mass is 127. The molecule has 0 aliphatic carbocycles. The molecule has 6 heteroatoms. The van der Waals surface area contributed by atoms with Crippen LogP contribution in [0.2, 0.25) is 0 Å². The molecule has 1 unspecified atom stereocenters. The zero-order valence-corrected chi connectivity index (χ0v) is 19.2. The summed E-state index contributed by atoms with van der Waals surface area (Å²) in [5.74, 6) is 3.09. The van der Waals surface area contributed by atoms with Crippen LogP contribution in [0.5, 0.6) is 11.5 Å². The van der Waals surface area contributed by atoms with Gasteiger partial charge in [-0.2, -0.15) is 0 Å². The summed E-state index contributed by atoms with van der Waals surface area (Å²) in [7, 11) is 5.18. The van der Waals surface area contributed by atoms with Gasteiger partial charge in [0.15, 0.2) is 17.5 Å². The normalized spacial score (nSPS) is 16.5. The molecular weight excluding hydrogens is 465 g/mol. The summed E-state index contributed by atoms with van der Waals surface area (Å²) in [6.45, 7) is 2.88. The monoisotopic (exact) mass is 495 g/mol. The van der Waals surface area contributed by atoms with E-state index in [4.69, 9.17) is 9.47 Å². The second kappa shape index (κ2) is 11.1. The van der Waals surface area contributed by atoms with Gasteiger partial charge in [-0.25, -0.2) is 0 Å². The maximum Gasteiger partial charge on any atom is 0.193 e. The second-order valence-electron chi connectivity index (χ2n) is 6.76. The summed E-state index contributed by atoms with van der Waals surface area (Å²) in [6, 6.07) is 16.8. The van der Waals surface area contributed by atoms with Crippen molar-refractivity contribution in [1.82, 2.24) is 10.2 Å². The van der Waals surface area contributed by atoms with Crippen molar-refractivity contribution >= 4 is 29.9 Å². The van der Waals surface area contributed by atoms with Crippen LogP contribution in [0.25, 0.3) is 0 Å². The molecule has 0 aromatic heterocycles. The van der Waals surface area contributed by atoms with E-state index in [-0.39, 0.29) is 24.0 Å². The Hall–Kier alpha value is -1.96. The fraction of sp³-hybridized carbons (Fsp3) is 0.409. The van der Waals surface area contributed by atoms with Crippen LogP contribution in [0.1, 0.15) is 23.5 Å². The molecule has 1 heterocycles. The first-order valence-electron chi connectivity index (χ1n) is 9.46. The van der Waals surface area contributed by atoms with Gasteiger partial charge in [-0.1, -0.05) is 36.4 Å². The van der Waals surface area contributed by atoms with Gasteiger partial charge >= 0.3 is 0 Å². The molecule has 0 amide bonds. The maximum absolute atomic E-state index is 5.38. The molecule has 0 radical (unpaired) electrons. The van der Waals surface area contributed by atoms with Crippen LogP contribution in [0.4, 0.5) is 0 Å². The molecule has 0 saturated carbocycles. The molecule has 1 saturated heterocycles. The summed E-state index contributed by atoms with van der Waals surface area (Å²) < 4.78 is 10.7. The van der Waals surface area contributed by atoms with E-state index in [1.54, 1.807) is 14.2 Å². The van der Waals surface area contributed by atoms with E-state index in [1.165, 1.54) is 17.5 Å². The zero-order valence-electron chi connectivity index (χ0n) is 16.9. The van der Waals surface area contributed by atoms with Gasteiger partial charge in [0.25, 0.3) is 0 Å². The van der Waals surface area contributed by atoms with Gasteiger partial charge in [0.1, 0.15) is 0 Å². The maximum atomic E-state index is 5.38. The topological polar surface area (TPSA) is 46.1 Å². The molecule has 5 nitrogen and oxygen atoms in total. The predicted molar refractivity (Wildman–Crippen MR) is 125 cm³/mol. The number of hydrogen-bond donors (Lipinski definition) is 1. The Morgan fingerprint density at radius 2 is 1.86 bits per heavy atom. The van der Waals surface area contributed by atoms with Crippen molar-refractivity contribution in [3.63, 3.8) is 0 Å². The van der Waals surface area contributed by atoms with Crippen molar-refractivity contribution in [3.8, 4) is 11.5 Å². The third-order valence-electron chi connectivity index (χ3n) is 5.12. The molecule has 0 spiro atoms. The number of ether oxygens (including phenoxy) is 2. The number of guanidine groups is 1. The number of likely N-dealkylation sites (tertiary alicyclic amines) is 1. The summed E-state index contributed by atoms with van der Waals surface area (Å²) >= 11 is 0. The van der Waals surface area contributed by atoms with Crippen LogP contribution in [-0.2, 0) is 6.42 Å². The highest BCUT2D eigenvalue weighted by Crippen LogP contribution is 2.28. The highest BCUT2D eigenvalue weighted by molar-refractivity contribution is 14.0. The Labute approximate surface area is 185 Å². The molecule has 2 aromatic carbocycles. The van der Waals surface area contributed by atoms with Crippen molar-refractivity contribution < 1.29 is 9.47 Å². The lowest BCUT2D eigenvalue weighted by Gasteiger charge is -2.22. The molecule has 2 aromatic rings. The van der Waals surface area contributed by atoms with E-state index >= 15 is 0 Å². The third kappa shape index (κ3) is 5.53. The van der Waals surface area contributed by atoms with Crippen molar-refractivity contribution in [2.24, 2.45) is 4.99 Å². The van der Waals surface area contributed by atoms with Gasteiger partial charge in [-0.3, -0.25) is 4.99 Å². The van der Waals surface area contributed by atoms with E-state index in [9.17, 15) is 0 Å². The number of nitrogens with one attached hydrogen (secondary N) is 1. The Morgan fingerprint density at radius 3 is 2.54 bits per heavy atom. The van der Waals surface area contributed by atoms with Gasteiger partial charge in [0.2, 0.25) is 0 Å². The minimum absolute atomic E-state index is 0. The largest absolute Gasteiger partial charge is 0.493 e. The number of hydrogen-bond acceptors (Lipinski definition) is 3. The predicted octanol–water partition coefficient (Wildman–Crippen LogP) is 3.93. The van der Waals surface area contributed by atoms with Crippen molar-refractivity contribution in [2.75, 3.05) is 40.9 Å². The number of benzene rings is 2. The summed E-state index contributed by atoms with van der Waals surface area (Å²) in [4.78, 5) is 6.83. The van der Waals surface area contributed by atoms with Gasteiger partial charge in [0.05, 0.1) is 14.2 Å². The first-order valence-corrected chi connectivity index (χ1v) is 9.46. The fourth-order valence-corrected chi connectivity index (χ4v) is 3.64. The molecule has 3 rings (SSSR count). The van der Waals surface area contributed by atoms with E-state index in [0.29, 0.717) is 5.92 Å². The number of rotatable bonds is 6. The minimum Gasteiger partial charge on any atom is -0.493 e. The Balaban J connectivity index is 0.00000280. The quantitative estimate of drug-likeness (QED) is 0.375. The van der Waals surface area contributed by atoms with Crippen LogP contribution in [0, 0.1) is 0 Å². The van der Waals surface area contributed by atoms with E-state index in [0.717, 1.165) is 43.5 Å². The Morgan fingerprint density at radius 1 is 1.11 bits per heavy atom. The lowest BCUT2D eigenvalue weighted by molar-refractivity contribution is 0.354. The molecule has 1 N–H and O–H groups in total. The lowest BCUT2D eigenvalue weighted by atomic mass is 9.99. The number of aliphatic imine (C=N–C) groups is 1. The Kier molecular flexibility index (Phi) is 8.89. The lowest BCUT2D eigenvalue weighted by Crippen LogP contribution is -2.40. The van der Waals surface area contributed by atoms with Gasteiger partial charge in [-0.15, -0.1) is 24.0 Å². The number of nitrogens with zero attached hydrogens (tertiary/aromatic N) is 2. The zero-order chi connectivity index (χ0) is 19.1. The first-order chi connectivity index (χ1) is 13.2. The Bertz CT molecular complexity index is 768. The summed E-state index contributed by atoms with van der Waals surface area (Å²) in [6.07, 6.45) is 2.07.